The molecule has 2 aliphatic heterocycles. The smallest absolute Gasteiger partial charge is 0.241 e. The van der Waals surface area contributed by atoms with Gasteiger partial charge in [-0.05, 0) is 32.4 Å². The predicted molar refractivity (Wildman–Crippen MR) is 54.8 cm³/mol. The predicted octanol–water partition coefficient (Wildman–Crippen LogP) is -0.502. The van der Waals surface area contributed by atoms with Gasteiger partial charge >= 0.3 is 0 Å². The summed E-state index contributed by atoms with van der Waals surface area (Å²) in [5.74, 6) is 0.795. The lowest BCUT2D eigenvalue weighted by atomic mass is 9.96. The summed E-state index contributed by atoms with van der Waals surface area (Å²) in [6, 6.07) is -0.212. The Morgan fingerprint density at radius 1 is 1.50 bits per heavy atom. The highest BCUT2D eigenvalue weighted by molar-refractivity contribution is 5.87. The average Bonchev–Trinajstić information content (AvgIpc) is 2.17. The van der Waals surface area contributed by atoms with Gasteiger partial charge in [-0.1, -0.05) is 0 Å². The number of hydrogen-bond donors (Lipinski definition) is 1. The number of piperidine rings is 1. The van der Waals surface area contributed by atoms with Gasteiger partial charge in [-0.3, -0.25) is 4.79 Å². The summed E-state index contributed by atoms with van der Waals surface area (Å²) in [7, 11) is 2.15. The first-order valence-electron chi connectivity index (χ1n) is 5.39. The quantitative estimate of drug-likeness (QED) is 0.607. The van der Waals surface area contributed by atoms with Crippen LogP contribution in [0.3, 0.4) is 0 Å². The zero-order chi connectivity index (χ0) is 10.1. The van der Waals surface area contributed by atoms with Gasteiger partial charge in [0.05, 0.1) is 0 Å². The molecule has 0 saturated carbocycles. The maximum Gasteiger partial charge on any atom is 0.241 e. The lowest BCUT2D eigenvalue weighted by molar-refractivity contribution is -0.143. The number of nitrogens with two attached hydrogens (primary N) is 1. The molecule has 0 aromatic carbocycles. The summed E-state index contributed by atoms with van der Waals surface area (Å²) in [6.07, 6.45) is 2.51. The van der Waals surface area contributed by atoms with Crippen molar-refractivity contribution in [3.8, 4) is 0 Å². The van der Waals surface area contributed by atoms with Gasteiger partial charge in [-0.25, -0.2) is 0 Å². The van der Waals surface area contributed by atoms with E-state index in [9.17, 15) is 4.79 Å². The molecule has 2 saturated heterocycles. The molecule has 4 nitrogen and oxygen atoms in total. The number of rotatable bonds is 2. The average molecular weight is 197 g/mol. The molecule has 0 aromatic rings. The third kappa shape index (κ3) is 1.91. The van der Waals surface area contributed by atoms with Crippen molar-refractivity contribution in [1.82, 2.24) is 9.80 Å². The van der Waals surface area contributed by atoms with Gasteiger partial charge in [-0.15, -0.1) is 0 Å². The van der Waals surface area contributed by atoms with Gasteiger partial charge in [0.25, 0.3) is 0 Å². The Labute approximate surface area is 85.0 Å². The van der Waals surface area contributed by atoms with E-state index in [4.69, 9.17) is 5.73 Å². The van der Waals surface area contributed by atoms with Crippen molar-refractivity contribution in [2.45, 2.75) is 18.9 Å². The van der Waals surface area contributed by atoms with Gasteiger partial charge in [0, 0.05) is 19.6 Å². The molecule has 2 unspecified atom stereocenters. The summed E-state index contributed by atoms with van der Waals surface area (Å²) in [6.45, 7) is 4.00. The van der Waals surface area contributed by atoms with Crippen LogP contribution in [0.5, 0.6) is 0 Å². The Morgan fingerprint density at radius 3 is 2.86 bits per heavy atom. The largest absolute Gasteiger partial charge is 0.339 e. The van der Waals surface area contributed by atoms with Crippen LogP contribution >= 0.6 is 0 Å². The van der Waals surface area contributed by atoms with Gasteiger partial charge < -0.3 is 15.5 Å². The maximum absolute atomic E-state index is 11.3. The first kappa shape index (κ1) is 9.93. The van der Waals surface area contributed by atoms with Crippen LogP contribution in [0, 0.1) is 5.92 Å². The summed E-state index contributed by atoms with van der Waals surface area (Å²) in [5, 5.41) is 0. The van der Waals surface area contributed by atoms with Crippen molar-refractivity contribution < 1.29 is 4.79 Å². The second kappa shape index (κ2) is 3.87. The molecular formula is C10H19N3O. The highest BCUT2D eigenvalue weighted by Crippen LogP contribution is 2.19. The van der Waals surface area contributed by atoms with Gasteiger partial charge in [0.1, 0.15) is 6.04 Å². The van der Waals surface area contributed by atoms with E-state index < -0.39 is 0 Å². The molecule has 14 heavy (non-hydrogen) atoms. The zero-order valence-electron chi connectivity index (χ0n) is 8.78. The molecule has 0 spiro atoms. The van der Waals surface area contributed by atoms with E-state index in [0.29, 0.717) is 5.92 Å². The zero-order valence-corrected chi connectivity index (χ0v) is 8.78. The first-order chi connectivity index (χ1) is 6.66. The summed E-state index contributed by atoms with van der Waals surface area (Å²) >= 11 is 0. The van der Waals surface area contributed by atoms with Crippen molar-refractivity contribution >= 4 is 5.91 Å². The van der Waals surface area contributed by atoms with Crippen LogP contribution in [-0.4, -0.2) is 55.0 Å². The monoisotopic (exact) mass is 197 g/mol. The Hall–Kier alpha value is -0.610. The third-order valence-corrected chi connectivity index (χ3v) is 3.25. The normalized spacial score (nSPS) is 34.4. The number of carbonyl (C=O) groups excluding carboxylic acids is 1. The van der Waals surface area contributed by atoms with E-state index in [1.165, 1.54) is 19.4 Å². The lowest BCUT2D eigenvalue weighted by Gasteiger charge is -2.40. The van der Waals surface area contributed by atoms with Crippen LogP contribution in [0.15, 0.2) is 0 Å². The van der Waals surface area contributed by atoms with E-state index in [2.05, 4.69) is 11.9 Å². The van der Waals surface area contributed by atoms with Crippen LogP contribution in [0.2, 0.25) is 0 Å². The molecular weight excluding hydrogens is 178 g/mol. The molecule has 0 bridgehead atoms. The minimum absolute atomic E-state index is 0.137. The molecule has 1 amide bonds. The van der Waals surface area contributed by atoms with Gasteiger partial charge in [-0.2, -0.15) is 0 Å². The Morgan fingerprint density at radius 2 is 2.29 bits per heavy atom. The molecule has 2 fully saturated rings. The van der Waals surface area contributed by atoms with E-state index in [1.807, 2.05) is 4.90 Å². The third-order valence-electron chi connectivity index (χ3n) is 3.25. The SMILES string of the molecule is CN1CCCC(CN2CC(N)C2=O)C1. The number of β-lactam (4-membered cyclic amide) rings is 1. The van der Waals surface area contributed by atoms with Crippen molar-refractivity contribution in [3.05, 3.63) is 0 Å². The fourth-order valence-corrected chi connectivity index (χ4v) is 2.43. The summed E-state index contributed by atoms with van der Waals surface area (Å²) < 4.78 is 0. The van der Waals surface area contributed by atoms with Crippen molar-refractivity contribution in [2.24, 2.45) is 11.7 Å². The Bertz CT molecular complexity index is 231. The maximum atomic E-state index is 11.3. The van der Waals surface area contributed by atoms with Crippen LogP contribution < -0.4 is 5.73 Å². The number of likely N-dealkylation sites (tertiary alicyclic amines) is 2. The van der Waals surface area contributed by atoms with E-state index in [1.54, 1.807) is 0 Å². The molecule has 2 atom stereocenters. The minimum atomic E-state index is -0.212. The summed E-state index contributed by atoms with van der Waals surface area (Å²) in [5.41, 5.74) is 5.54. The van der Waals surface area contributed by atoms with Gasteiger partial charge in [0.2, 0.25) is 5.91 Å². The number of carbonyl (C=O) groups is 1. The summed E-state index contributed by atoms with van der Waals surface area (Å²) in [4.78, 5) is 15.5. The van der Waals surface area contributed by atoms with Crippen molar-refractivity contribution in [2.75, 3.05) is 33.2 Å². The number of nitrogens with zero attached hydrogens (tertiary/aromatic N) is 2. The van der Waals surface area contributed by atoms with Crippen LogP contribution in [0.1, 0.15) is 12.8 Å². The van der Waals surface area contributed by atoms with Crippen LogP contribution in [0.25, 0.3) is 0 Å². The lowest BCUT2D eigenvalue weighted by Crippen LogP contribution is -2.62. The molecule has 0 aliphatic carbocycles. The second-order valence-electron chi connectivity index (χ2n) is 4.62. The van der Waals surface area contributed by atoms with Crippen molar-refractivity contribution in [1.29, 1.82) is 0 Å². The topological polar surface area (TPSA) is 49.6 Å². The highest BCUT2D eigenvalue weighted by atomic mass is 16.2. The molecule has 0 aromatic heterocycles. The Balaban J connectivity index is 1.77. The van der Waals surface area contributed by atoms with Crippen molar-refractivity contribution in [3.63, 3.8) is 0 Å². The van der Waals surface area contributed by atoms with Crippen LogP contribution in [0.4, 0.5) is 0 Å². The fourth-order valence-electron chi connectivity index (χ4n) is 2.43. The van der Waals surface area contributed by atoms with E-state index in [-0.39, 0.29) is 11.9 Å². The standard InChI is InChI=1S/C10H19N3O/c1-12-4-2-3-8(5-12)6-13-7-9(11)10(13)14/h8-9H,2-7,11H2,1H3. The van der Waals surface area contributed by atoms with Crippen LogP contribution in [-0.2, 0) is 4.79 Å². The second-order valence-corrected chi connectivity index (χ2v) is 4.62. The first-order valence-corrected chi connectivity index (χ1v) is 5.39. The van der Waals surface area contributed by atoms with E-state index in [0.717, 1.165) is 19.6 Å². The fraction of sp³-hybridized carbons (Fsp3) is 0.900. The molecule has 4 heteroatoms. The Kier molecular flexibility index (Phi) is 2.74. The molecule has 2 rings (SSSR count). The molecule has 80 valence electrons. The molecule has 2 N–H and O–H groups in total. The molecule has 2 heterocycles. The minimum Gasteiger partial charge on any atom is -0.339 e. The highest BCUT2D eigenvalue weighted by Gasteiger charge is 2.35. The number of hydrogen-bond acceptors (Lipinski definition) is 3. The molecule has 0 radical (unpaired) electrons. The number of amides is 1. The van der Waals surface area contributed by atoms with Gasteiger partial charge in [0.15, 0.2) is 0 Å². The molecule has 2 aliphatic rings. The van der Waals surface area contributed by atoms with E-state index >= 15 is 0 Å².